The number of carbonyl (C=O) groups is 4. The molecule has 240 valence electrons. The molecule has 0 spiro atoms. The van der Waals surface area contributed by atoms with Crippen LogP contribution >= 0.6 is 0 Å². The highest BCUT2D eigenvalue weighted by atomic mass is 16.5. The molecule has 10 nitrogen and oxygen atoms in total. The number of allylic oxidation sites excluding steroid dienone is 1. The van der Waals surface area contributed by atoms with Crippen molar-refractivity contribution in [3.05, 3.63) is 77.5 Å². The highest BCUT2D eigenvalue weighted by Gasteiger charge is 2.34. The lowest BCUT2D eigenvalue weighted by atomic mass is 9.96. The number of hydrogen-bond donors (Lipinski definition) is 4. The van der Waals surface area contributed by atoms with Gasteiger partial charge in [-0.25, -0.2) is 0 Å². The summed E-state index contributed by atoms with van der Waals surface area (Å²) in [5.41, 5.74) is 3.30. The van der Waals surface area contributed by atoms with Gasteiger partial charge in [-0.1, -0.05) is 55.8 Å². The van der Waals surface area contributed by atoms with Crippen LogP contribution in [-0.4, -0.2) is 63.9 Å². The number of nitrogens with zero attached hydrogens (tertiary/aromatic N) is 1. The zero-order valence-electron chi connectivity index (χ0n) is 26.8. The Bertz CT molecular complexity index is 1560. The summed E-state index contributed by atoms with van der Waals surface area (Å²) in [5, 5.41) is 16.6. The highest BCUT2D eigenvalue weighted by Crippen LogP contribution is 2.25. The number of esters is 1. The van der Waals surface area contributed by atoms with Crippen molar-refractivity contribution in [2.24, 2.45) is 11.8 Å². The van der Waals surface area contributed by atoms with E-state index >= 15 is 0 Å². The molecule has 0 radical (unpaired) electrons. The van der Waals surface area contributed by atoms with E-state index in [2.05, 4.69) is 15.6 Å². The molecular formula is C35H44N4O6. The zero-order chi connectivity index (χ0) is 32.8. The Hall–Kier alpha value is -4.60. The van der Waals surface area contributed by atoms with E-state index in [0.29, 0.717) is 12.0 Å². The molecule has 1 aliphatic rings. The number of ether oxygens (including phenoxy) is 1. The number of para-hydroxylation sites is 1. The lowest BCUT2D eigenvalue weighted by Crippen LogP contribution is -2.55. The van der Waals surface area contributed by atoms with Crippen molar-refractivity contribution < 1.29 is 29.0 Å². The fourth-order valence-corrected chi connectivity index (χ4v) is 5.77. The number of aromatic hydroxyl groups is 1. The molecule has 0 saturated heterocycles. The first kappa shape index (κ1) is 33.3. The van der Waals surface area contributed by atoms with Gasteiger partial charge >= 0.3 is 5.97 Å². The minimum atomic E-state index is -0.980. The molecule has 3 amide bonds. The first-order valence-electron chi connectivity index (χ1n) is 15.4. The van der Waals surface area contributed by atoms with Crippen LogP contribution in [0.25, 0.3) is 10.9 Å². The normalized spacial score (nSPS) is 27.5. The fourth-order valence-electron chi connectivity index (χ4n) is 5.77. The topological polar surface area (TPSA) is 141 Å². The van der Waals surface area contributed by atoms with Crippen LogP contribution < -0.4 is 10.6 Å². The Morgan fingerprint density at radius 1 is 0.911 bits per heavy atom. The number of H-pyrrole nitrogens is 1. The SMILES string of the molecule is C/C1=C\[C@@H](C)[C@@H](C)OC(=O)C[C@H](c2ccc(O)cc2)NC(=O)[C@@H](Cc2c[nH]c3ccccc23)N(C)C(=O)[C@H](C)NC(=O)[C@@H](C)C1. The van der Waals surface area contributed by atoms with Gasteiger partial charge in [-0.3, -0.25) is 19.2 Å². The second-order valence-electron chi connectivity index (χ2n) is 12.3. The summed E-state index contributed by atoms with van der Waals surface area (Å²) in [6.45, 7) is 9.10. The fraction of sp³-hybridized carbons (Fsp3) is 0.429. The van der Waals surface area contributed by atoms with Gasteiger partial charge in [-0.05, 0) is 56.5 Å². The standard InChI is InChI=1S/C35H44N4O6/c1-20-15-21(2)24(5)45-32(41)18-30(25-11-13-27(40)14-12-25)38-34(43)31(17-26-19-36-29-10-8-7-9-28(26)29)39(6)35(44)23(4)37-33(42)22(3)16-20/h7-15,19,21-24,30-31,36,40H,16-18H2,1-6H3,(H,37,42)(H,38,43)/b20-15+/t21-,22+,23+,24-,30-,31-/m1/s1. The monoisotopic (exact) mass is 616 g/mol. The van der Waals surface area contributed by atoms with Crippen LogP contribution in [0.1, 0.15) is 64.6 Å². The van der Waals surface area contributed by atoms with Gasteiger partial charge in [0.1, 0.15) is 23.9 Å². The van der Waals surface area contributed by atoms with Gasteiger partial charge < -0.3 is 30.4 Å². The van der Waals surface area contributed by atoms with Crippen molar-refractivity contribution >= 4 is 34.6 Å². The largest absolute Gasteiger partial charge is 0.508 e. The van der Waals surface area contributed by atoms with E-state index in [-0.39, 0.29) is 30.4 Å². The first-order chi connectivity index (χ1) is 21.3. The summed E-state index contributed by atoms with van der Waals surface area (Å²) >= 11 is 0. The minimum Gasteiger partial charge on any atom is -0.508 e. The summed E-state index contributed by atoms with van der Waals surface area (Å²) in [7, 11) is 1.55. The maximum absolute atomic E-state index is 14.1. The number of benzene rings is 2. The van der Waals surface area contributed by atoms with Crippen LogP contribution in [0.4, 0.5) is 0 Å². The highest BCUT2D eigenvalue weighted by molar-refractivity contribution is 5.93. The minimum absolute atomic E-state index is 0.0466. The molecule has 6 atom stereocenters. The number of amides is 3. The number of rotatable bonds is 3. The molecule has 0 saturated carbocycles. The Balaban J connectivity index is 1.73. The molecule has 0 bridgehead atoms. The van der Waals surface area contributed by atoms with E-state index in [0.717, 1.165) is 22.0 Å². The molecule has 3 aromatic rings. The molecule has 1 aromatic heterocycles. The van der Waals surface area contributed by atoms with Gasteiger partial charge in [0.15, 0.2) is 0 Å². The number of nitrogens with one attached hydrogen (secondary N) is 3. The molecule has 1 aliphatic heterocycles. The van der Waals surface area contributed by atoms with Crippen LogP contribution in [0, 0.1) is 11.8 Å². The lowest BCUT2D eigenvalue weighted by molar-refractivity contribution is -0.150. The van der Waals surface area contributed by atoms with E-state index in [9.17, 15) is 24.3 Å². The number of aromatic amines is 1. The number of phenolic OH excluding ortho intramolecular Hbond substituents is 1. The molecule has 0 aliphatic carbocycles. The molecule has 45 heavy (non-hydrogen) atoms. The quantitative estimate of drug-likeness (QED) is 0.251. The predicted molar refractivity (Wildman–Crippen MR) is 172 cm³/mol. The molecule has 0 fully saturated rings. The summed E-state index contributed by atoms with van der Waals surface area (Å²) in [5.74, 6) is -2.15. The second kappa shape index (κ2) is 14.5. The van der Waals surface area contributed by atoms with Crippen molar-refractivity contribution in [3.63, 3.8) is 0 Å². The third-order valence-corrected chi connectivity index (χ3v) is 8.60. The predicted octanol–water partition coefficient (Wildman–Crippen LogP) is 4.55. The van der Waals surface area contributed by atoms with Crippen LogP contribution in [0.15, 0.2) is 66.4 Å². The zero-order valence-corrected chi connectivity index (χ0v) is 26.8. The number of likely N-dealkylation sites (N-methyl/N-ethyl adjacent to an activating group) is 1. The van der Waals surface area contributed by atoms with Gasteiger partial charge in [-0.15, -0.1) is 0 Å². The number of fused-ring (bicyclic) bond motifs is 1. The number of phenols is 1. The van der Waals surface area contributed by atoms with E-state index in [1.807, 2.05) is 57.3 Å². The van der Waals surface area contributed by atoms with Crippen molar-refractivity contribution in [3.8, 4) is 5.75 Å². The average Bonchev–Trinajstić information content (AvgIpc) is 3.41. The van der Waals surface area contributed by atoms with Crippen molar-refractivity contribution in [1.29, 1.82) is 0 Å². The van der Waals surface area contributed by atoms with E-state index < -0.39 is 47.9 Å². The summed E-state index contributed by atoms with van der Waals surface area (Å²) in [6.07, 6.45) is 3.86. The van der Waals surface area contributed by atoms with Gasteiger partial charge in [-0.2, -0.15) is 0 Å². The first-order valence-corrected chi connectivity index (χ1v) is 15.4. The van der Waals surface area contributed by atoms with Crippen LogP contribution in [0.2, 0.25) is 0 Å². The average molecular weight is 617 g/mol. The lowest BCUT2D eigenvalue weighted by Gasteiger charge is -2.32. The smallest absolute Gasteiger partial charge is 0.308 e. The molecular weight excluding hydrogens is 572 g/mol. The summed E-state index contributed by atoms with van der Waals surface area (Å²) in [4.78, 5) is 58.8. The van der Waals surface area contributed by atoms with E-state index in [1.165, 1.54) is 17.0 Å². The van der Waals surface area contributed by atoms with Crippen molar-refractivity contribution in [2.45, 2.75) is 78.1 Å². The van der Waals surface area contributed by atoms with Gasteiger partial charge in [0.05, 0.1) is 12.5 Å². The maximum atomic E-state index is 14.1. The van der Waals surface area contributed by atoms with Gasteiger partial charge in [0.25, 0.3) is 0 Å². The van der Waals surface area contributed by atoms with Crippen LogP contribution in [0.5, 0.6) is 5.75 Å². The molecule has 2 aromatic carbocycles. The van der Waals surface area contributed by atoms with Crippen molar-refractivity contribution in [2.75, 3.05) is 7.05 Å². The Kier molecular flexibility index (Phi) is 10.7. The molecule has 2 heterocycles. The van der Waals surface area contributed by atoms with Crippen molar-refractivity contribution in [1.82, 2.24) is 20.5 Å². The van der Waals surface area contributed by atoms with Crippen LogP contribution in [-0.2, 0) is 30.3 Å². The van der Waals surface area contributed by atoms with E-state index in [1.54, 1.807) is 33.0 Å². The molecule has 4 N–H and O–H groups in total. The summed E-state index contributed by atoms with van der Waals surface area (Å²) in [6, 6.07) is 11.3. The number of aromatic nitrogens is 1. The molecule has 10 heteroatoms. The van der Waals surface area contributed by atoms with Crippen LogP contribution in [0.3, 0.4) is 0 Å². The maximum Gasteiger partial charge on any atom is 0.308 e. The third kappa shape index (κ3) is 8.32. The summed E-state index contributed by atoms with van der Waals surface area (Å²) < 4.78 is 5.80. The molecule has 0 unspecified atom stereocenters. The molecule has 4 rings (SSSR count). The Morgan fingerprint density at radius 3 is 2.31 bits per heavy atom. The number of carbonyl (C=O) groups excluding carboxylic acids is 4. The Labute approximate surface area is 264 Å². The second-order valence-corrected chi connectivity index (χ2v) is 12.3. The van der Waals surface area contributed by atoms with Gasteiger partial charge in [0, 0.05) is 42.4 Å². The van der Waals surface area contributed by atoms with Gasteiger partial charge in [0.2, 0.25) is 17.7 Å². The Morgan fingerprint density at radius 2 is 1.60 bits per heavy atom. The number of hydrogen-bond acceptors (Lipinski definition) is 6. The van der Waals surface area contributed by atoms with E-state index in [4.69, 9.17) is 4.74 Å². The third-order valence-electron chi connectivity index (χ3n) is 8.60. The number of cyclic esters (lactones) is 1.